The van der Waals surface area contributed by atoms with Crippen LogP contribution in [0.4, 0.5) is 11.5 Å². The molecule has 0 N–H and O–H groups in total. The summed E-state index contributed by atoms with van der Waals surface area (Å²) in [5, 5.41) is 0. The van der Waals surface area contributed by atoms with E-state index in [2.05, 4.69) is 9.88 Å². The average molecular weight is 333 g/mol. The molecule has 2 aromatic carbocycles. The monoisotopic (exact) mass is 333 g/mol. The van der Waals surface area contributed by atoms with E-state index in [0.29, 0.717) is 24.3 Å². The third-order valence-electron chi connectivity index (χ3n) is 4.79. The van der Waals surface area contributed by atoms with Crippen LogP contribution in [0.3, 0.4) is 0 Å². The van der Waals surface area contributed by atoms with E-state index in [9.17, 15) is 9.59 Å². The molecule has 1 fully saturated rings. The number of pyridine rings is 1. The smallest absolute Gasteiger partial charge is 0.250 e. The van der Waals surface area contributed by atoms with Crippen molar-refractivity contribution in [1.29, 1.82) is 0 Å². The van der Waals surface area contributed by atoms with Crippen molar-refractivity contribution in [2.24, 2.45) is 0 Å². The summed E-state index contributed by atoms with van der Waals surface area (Å²) in [6.07, 6.45) is 1.79. The van der Waals surface area contributed by atoms with Crippen LogP contribution in [0.2, 0.25) is 0 Å². The third-order valence-corrected chi connectivity index (χ3v) is 4.79. The SMILES string of the molecule is Cc1ccc(-c2c(N3CCN(c4ccccn4)CC3)c(=O)c2=O)cc1. The quantitative estimate of drug-likeness (QED) is 0.686. The van der Waals surface area contributed by atoms with Crippen molar-refractivity contribution in [2.75, 3.05) is 36.0 Å². The number of aromatic nitrogens is 1. The highest BCUT2D eigenvalue weighted by atomic mass is 16.2. The van der Waals surface area contributed by atoms with E-state index in [1.54, 1.807) is 6.20 Å². The number of anilines is 2. The van der Waals surface area contributed by atoms with E-state index in [1.165, 1.54) is 0 Å². The van der Waals surface area contributed by atoms with Crippen molar-refractivity contribution >= 4 is 11.5 Å². The zero-order valence-electron chi connectivity index (χ0n) is 14.1. The minimum absolute atomic E-state index is 0.359. The van der Waals surface area contributed by atoms with Gasteiger partial charge in [0.15, 0.2) is 0 Å². The van der Waals surface area contributed by atoms with Crippen LogP contribution in [0, 0.1) is 6.92 Å². The molecule has 0 bridgehead atoms. The van der Waals surface area contributed by atoms with Gasteiger partial charge in [-0.1, -0.05) is 35.9 Å². The fourth-order valence-corrected chi connectivity index (χ4v) is 3.37. The highest BCUT2D eigenvalue weighted by Gasteiger charge is 2.29. The maximum atomic E-state index is 12.2. The van der Waals surface area contributed by atoms with Crippen LogP contribution in [0.25, 0.3) is 11.1 Å². The molecule has 5 heteroatoms. The molecular formula is C20H19N3O2. The summed E-state index contributed by atoms with van der Waals surface area (Å²) in [6.45, 7) is 4.98. The van der Waals surface area contributed by atoms with Gasteiger partial charge >= 0.3 is 0 Å². The Bertz CT molecular complexity index is 949. The summed E-state index contributed by atoms with van der Waals surface area (Å²) < 4.78 is 0. The van der Waals surface area contributed by atoms with Crippen LogP contribution in [0.1, 0.15) is 5.56 Å². The van der Waals surface area contributed by atoms with Crippen LogP contribution in [-0.2, 0) is 0 Å². The first-order valence-corrected chi connectivity index (χ1v) is 8.46. The fraction of sp³-hybridized carbons (Fsp3) is 0.250. The third kappa shape index (κ3) is 2.71. The number of rotatable bonds is 3. The first-order valence-electron chi connectivity index (χ1n) is 8.46. The van der Waals surface area contributed by atoms with Crippen molar-refractivity contribution in [3.05, 3.63) is 74.7 Å². The lowest BCUT2D eigenvalue weighted by molar-refractivity contribution is 0.645. The van der Waals surface area contributed by atoms with E-state index < -0.39 is 0 Å². The Morgan fingerprint density at radius 2 is 1.52 bits per heavy atom. The van der Waals surface area contributed by atoms with Gasteiger partial charge < -0.3 is 9.80 Å². The highest BCUT2D eigenvalue weighted by Crippen LogP contribution is 2.28. The molecule has 0 atom stereocenters. The van der Waals surface area contributed by atoms with E-state index >= 15 is 0 Å². The van der Waals surface area contributed by atoms with Gasteiger partial charge in [0.1, 0.15) is 11.5 Å². The molecule has 1 saturated heterocycles. The predicted octanol–water partition coefficient (Wildman–Crippen LogP) is 1.98. The van der Waals surface area contributed by atoms with Crippen molar-refractivity contribution in [3.8, 4) is 11.1 Å². The van der Waals surface area contributed by atoms with Crippen LogP contribution in [0.15, 0.2) is 58.3 Å². The van der Waals surface area contributed by atoms with Crippen LogP contribution in [-0.4, -0.2) is 31.2 Å². The van der Waals surface area contributed by atoms with Crippen LogP contribution in [0.5, 0.6) is 0 Å². The van der Waals surface area contributed by atoms with Gasteiger partial charge in [-0.15, -0.1) is 0 Å². The number of aryl methyl sites for hydroxylation is 1. The molecule has 1 aromatic heterocycles. The second-order valence-electron chi connectivity index (χ2n) is 6.41. The fourth-order valence-electron chi connectivity index (χ4n) is 3.37. The molecule has 3 aromatic rings. The van der Waals surface area contributed by atoms with Crippen molar-refractivity contribution in [2.45, 2.75) is 6.92 Å². The van der Waals surface area contributed by atoms with Crippen LogP contribution < -0.4 is 20.7 Å². The van der Waals surface area contributed by atoms with Gasteiger partial charge in [0.25, 0.3) is 0 Å². The summed E-state index contributed by atoms with van der Waals surface area (Å²) in [5.74, 6) is 0.950. The Balaban J connectivity index is 1.56. The zero-order chi connectivity index (χ0) is 17.4. The molecule has 0 saturated carbocycles. The maximum absolute atomic E-state index is 12.2. The van der Waals surface area contributed by atoms with Crippen molar-refractivity contribution in [1.82, 2.24) is 4.98 Å². The normalized spacial score (nSPS) is 14.9. The molecule has 0 unspecified atom stereocenters. The van der Waals surface area contributed by atoms with Gasteiger partial charge in [-0.25, -0.2) is 4.98 Å². The van der Waals surface area contributed by atoms with Crippen LogP contribution >= 0.6 is 0 Å². The summed E-state index contributed by atoms with van der Waals surface area (Å²) >= 11 is 0. The largest absolute Gasteiger partial charge is 0.364 e. The second kappa shape index (κ2) is 6.16. The molecule has 4 rings (SSSR count). The maximum Gasteiger partial charge on any atom is 0.250 e. The Morgan fingerprint density at radius 1 is 0.840 bits per heavy atom. The molecule has 2 heterocycles. The van der Waals surface area contributed by atoms with E-state index in [-0.39, 0.29) is 10.9 Å². The molecule has 126 valence electrons. The second-order valence-corrected chi connectivity index (χ2v) is 6.41. The van der Waals surface area contributed by atoms with Gasteiger partial charge in [-0.2, -0.15) is 0 Å². The molecule has 5 nitrogen and oxygen atoms in total. The lowest BCUT2D eigenvalue weighted by Gasteiger charge is -2.37. The molecule has 25 heavy (non-hydrogen) atoms. The number of benzene rings is 1. The minimum Gasteiger partial charge on any atom is -0.364 e. The van der Waals surface area contributed by atoms with Crippen molar-refractivity contribution < 1.29 is 0 Å². The molecule has 0 radical (unpaired) electrons. The summed E-state index contributed by atoms with van der Waals surface area (Å²) in [4.78, 5) is 32.9. The van der Waals surface area contributed by atoms with Gasteiger partial charge in [0.05, 0.1) is 5.56 Å². The van der Waals surface area contributed by atoms with E-state index in [4.69, 9.17) is 0 Å². The zero-order valence-corrected chi connectivity index (χ0v) is 14.1. The Hall–Kier alpha value is -2.95. The van der Waals surface area contributed by atoms with Gasteiger partial charge in [-0.05, 0) is 24.6 Å². The highest BCUT2D eigenvalue weighted by molar-refractivity contribution is 5.83. The average Bonchev–Trinajstić information content (AvgIpc) is 2.67. The summed E-state index contributed by atoms with van der Waals surface area (Å²) in [6, 6.07) is 13.6. The van der Waals surface area contributed by atoms with E-state index in [0.717, 1.165) is 30.0 Å². The number of hydrogen-bond acceptors (Lipinski definition) is 5. The number of nitrogens with zero attached hydrogens (tertiary/aromatic N) is 3. The molecule has 0 amide bonds. The number of piperazine rings is 1. The standard InChI is InChI=1S/C20H19N3O2/c1-14-5-7-15(8-6-14)17-18(20(25)19(17)24)23-12-10-22(11-13-23)16-4-2-3-9-21-16/h2-9H,10-13H2,1H3. The predicted molar refractivity (Wildman–Crippen MR) is 100 cm³/mol. The molecule has 0 aliphatic carbocycles. The first-order chi connectivity index (χ1) is 12.1. The minimum atomic E-state index is -0.369. The first kappa shape index (κ1) is 15.6. The Morgan fingerprint density at radius 3 is 2.16 bits per heavy atom. The molecule has 1 aliphatic heterocycles. The molecular weight excluding hydrogens is 314 g/mol. The Kier molecular flexibility index (Phi) is 3.84. The summed E-state index contributed by atoms with van der Waals surface area (Å²) in [5.41, 5.74) is 2.38. The number of hydrogen-bond donors (Lipinski definition) is 0. The molecule has 0 spiro atoms. The lowest BCUT2D eigenvalue weighted by atomic mass is 9.96. The van der Waals surface area contributed by atoms with Crippen molar-refractivity contribution in [3.63, 3.8) is 0 Å². The molecule has 1 aliphatic rings. The lowest BCUT2D eigenvalue weighted by Crippen LogP contribution is -2.51. The Labute approximate surface area is 145 Å². The van der Waals surface area contributed by atoms with Gasteiger partial charge in [0.2, 0.25) is 10.9 Å². The topological polar surface area (TPSA) is 53.5 Å². The van der Waals surface area contributed by atoms with E-state index in [1.807, 2.05) is 54.3 Å². The summed E-state index contributed by atoms with van der Waals surface area (Å²) in [7, 11) is 0. The van der Waals surface area contributed by atoms with Gasteiger partial charge in [-0.3, -0.25) is 9.59 Å². The van der Waals surface area contributed by atoms with Gasteiger partial charge in [0, 0.05) is 32.4 Å².